The molecule has 0 heterocycles. The standard InChI is InChI=1S/C28H46O3/c1-18(7-10-23(29)30)19-11-13-26(5)21-9-8-20-24(2,3)22(31-6)12-14-27(20)17-28(21,27)16-15-25(19,26)4/h18-22H,7-17H2,1-6H3,(H,29,30)/t18-,19-,20+,21+,22-,25-,26+,27-,28+/m1/s1. The summed E-state index contributed by atoms with van der Waals surface area (Å²) < 4.78 is 6.00. The van der Waals surface area contributed by atoms with E-state index in [0.29, 0.717) is 51.4 Å². The van der Waals surface area contributed by atoms with Gasteiger partial charge in [0.25, 0.3) is 0 Å². The second-order valence-electron chi connectivity index (χ2n) is 13.6. The molecule has 5 aliphatic rings. The molecule has 0 aliphatic heterocycles. The molecule has 176 valence electrons. The van der Waals surface area contributed by atoms with Gasteiger partial charge < -0.3 is 9.84 Å². The SMILES string of the molecule is CO[C@@H]1CC[C@]23C[C@]24CC[C@]2(C)[C@@H]([C@H](C)CCC(=O)O)CC[C@@]2(C)[C@@H]4CC[C@H]3C1(C)C. The predicted octanol–water partition coefficient (Wildman–Crippen LogP) is 6.94. The summed E-state index contributed by atoms with van der Waals surface area (Å²) in [6, 6.07) is 0. The van der Waals surface area contributed by atoms with E-state index in [1.807, 2.05) is 7.11 Å². The fourth-order valence-electron chi connectivity index (χ4n) is 11.3. The van der Waals surface area contributed by atoms with Crippen molar-refractivity contribution in [3.8, 4) is 0 Å². The highest BCUT2D eigenvalue weighted by atomic mass is 16.5. The molecule has 5 rings (SSSR count). The van der Waals surface area contributed by atoms with E-state index in [1.54, 1.807) is 0 Å². The van der Waals surface area contributed by atoms with Crippen molar-refractivity contribution >= 4 is 5.97 Å². The maximum absolute atomic E-state index is 11.2. The number of carbonyl (C=O) groups is 1. The van der Waals surface area contributed by atoms with E-state index in [-0.39, 0.29) is 0 Å². The lowest BCUT2D eigenvalue weighted by atomic mass is 9.41. The average Bonchev–Trinajstić information content (AvgIpc) is 3.28. The largest absolute Gasteiger partial charge is 0.481 e. The number of ether oxygens (including phenoxy) is 1. The minimum absolute atomic E-state index is 0.298. The Labute approximate surface area is 190 Å². The monoisotopic (exact) mass is 430 g/mol. The molecule has 0 aromatic heterocycles. The molecule has 5 fully saturated rings. The van der Waals surface area contributed by atoms with E-state index in [9.17, 15) is 9.90 Å². The molecule has 0 radical (unpaired) electrons. The van der Waals surface area contributed by atoms with E-state index in [0.717, 1.165) is 18.3 Å². The Morgan fingerprint density at radius 3 is 2.29 bits per heavy atom. The van der Waals surface area contributed by atoms with Crippen LogP contribution in [0.15, 0.2) is 0 Å². The lowest BCUT2D eigenvalue weighted by Crippen LogP contribution is -2.57. The van der Waals surface area contributed by atoms with Crippen molar-refractivity contribution in [1.82, 2.24) is 0 Å². The Kier molecular flexibility index (Phi) is 4.83. The molecule has 0 unspecified atom stereocenters. The molecule has 3 nitrogen and oxygen atoms in total. The van der Waals surface area contributed by atoms with Crippen LogP contribution in [0.2, 0.25) is 0 Å². The number of hydrogen-bond acceptors (Lipinski definition) is 2. The van der Waals surface area contributed by atoms with Gasteiger partial charge in [-0.05, 0) is 115 Å². The highest BCUT2D eigenvalue weighted by molar-refractivity contribution is 5.66. The minimum Gasteiger partial charge on any atom is -0.481 e. The van der Waals surface area contributed by atoms with Crippen molar-refractivity contribution in [2.24, 2.45) is 50.7 Å². The molecule has 0 aromatic rings. The van der Waals surface area contributed by atoms with Gasteiger partial charge in [-0.15, -0.1) is 0 Å². The fourth-order valence-corrected chi connectivity index (χ4v) is 11.3. The molecule has 3 heteroatoms. The van der Waals surface area contributed by atoms with Crippen LogP contribution in [-0.2, 0) is 9.53 Å². The molecule has 0 bridgehead atoms. The van der Waals surface area contributed by atoms with Gasteiger partial charge in [0.05, 0.1) is 6.10 Å². The van der Waals surface area contributed by atoms with Gasteiger partial charge in [0.1, 0.15) is 0 Å². The summed E-state index contributed by atoms with van der Waals surface area (Å²) in [5.41, 5.74) is 2.30. The van der Waals surface area contributed by atoms with Gasteiger partial charge in [-0.2, -0.15) is 0 Å². The highest BCUT2D eigenvalue weighted by Gasteiger charge is 2.82. The second kappa shape index (κ2) is 6.73. The van der Waals surface area contributed by atoms with Gasteiger partial charge in [0, 0.05) is 13.5 Å². The molecule has 5 saturated carbocycles. The lowest BCUT2D eigenvalue weighted by molar-refractivity contribution is -0.166. The summed E-state index contributed by atoms with van der Waals surface area (Å²) in [7, 11) is 1.93. The number of carboxylic acid groups (broad SMARTS) is 1. The highest BCUT2D eigenvalue weighted by Crippen LogP contribution is 2.89. The van der Waals surface area contributed by atoms with Crippen LogP contribution in [0.4, 0.5) is 0 Å². The minimum atomic E-state index is -0.632. The van der Waals surface area contributed by atoms with Crippen molar-refractivity contribution in [1.29, 1.82) is 0 Å². The molecule has 2 spiro atoms. The molecule has 0 aromatic carbocycles. The first-order valence-corrected chi connectivity index (χ1v) is 13.2. The zero-order valence-electron chi connectivity index (χ0n) is 20.9. The van der Waals surface area contributed by atoms with Crippen LogP contribution in [0, 0.1) is 50.7 Å². The molecule has 31 heavy (non-hydrogen) atoms. The van der Waals surface area contributed by atoms with Crippen LogP contribution < -0.4 is 0 Å². The van der Waals surface area contributed by atoms with E-state index in [1.165, 1.54) is 57.8 Å². The van der Waals surface area contributed by atoms with Crippen molar-refractivity contribution < 1.29 is 14.6 Å². The predicted molar refractivity (Wildman–Crippen MR) is 124 cm³/mol. The molecular formula is C28H46O3. The van der Waals surface area contributed by atoms with Crippen molar-refractivity contribution in [3.05, 3.63) is 0 Å². The van der Waals surface area contributed by atoms with Crippen molar-refractivity contribution in [2.45, 2.75) is 111 Å². The Bertz CT molecular complexity index is 759. The molecule has 1 N–H and O–H groups in total. The van der Waals surface area contributed by atoms with E-state index >= 15 is 0 Å². The maximum Gasteiger partial charge on any atom is 0.303 e. The normalized spacial score (nSPS) is 53.0. The Morgan fingerprint density at radius 2 is 1.61 bits per heavy atom. The maximum atomic E-state index is 11.2. The van der Waals surface area contributed by atoms with Crippen molar-refractivity contribution in [2.75, 3.05) is 7.11 Å². The number of rotatable bonds is 5. The number of aliphatic carboxylic acids is 1. The second-order valence-corrected chi connectivity index (χ2v) is 13.6. The average molecular weight is 431 g/mol. The fraction of sp³-hybridized carbons (Fsp3) is 0.964. The summed E-state index contributed by atoms with van der Waals surface area (Å²) in [4.78, 5) is 11.2. The molecule has 5 aliphatic carbocycles. The van der Waals surface area contributed by atoms with Crippen molar-refractivity contribution in [3.63, 3.8) is 0 Å². The third kappa shape index (κ3) is 2.59. The summed E-state index contributed by atoms with van der Waals surface area (Å²) in [6.45, 7) is 12.6. The van der Waals surface area contributed by atoms with Crippen LogP contribution in [0.3, 0.4) is 0 Å². The van der Waals surface area contributed by atoms with Gasteiger partial charge in [0.2, 0.25) is 0 Å². The summed E-state index contributed by atoms with van der Waals surface area (Å²) >= 11 is 0. The summed E-state index contributed by atoms with van der Waals surface area (Å²) in [5, 5.41) is 9.23. The first kappa shape index (κ1) is 22.2. The van der Waals surface area contributed by atoms with Gasteiger partial charge in [-0.3, -0.25) is 4.79 Å². The molecular weight excluding hydrogens is 384 g/mol. The van der Waals surface area contributed by atoms with E-state index in [2.05, 4.69) is 34.6 Å². The zero-order chi connectivity index (χ0) is 22.4. The van der Waals surface area contributed by atoms with Crippen LogP contribution in [0.5, 0.6) is 0 Å². The Hall–Kier alpha value is -0.570. The molecule has 0 amide bonds. The van der Waals surface area contributed by atoms with Gasteiger partial charge >= 0.3 is 5.97 Å². The zero-order valence-corrected chi connectivity index (χ0v) is 20.9. The first-order chi connectivity index (χ1) is 14.5. The topological polar surface area (TPSA) is 46.5 Å². The number of fused-ring (bicyclic) bond motifs is 2. The van der Waals surface area contributed by atoms with Crippen LogP contribution in [0.25, 0.3) is 0 Å². The third-order valence-corrected chi connectivity index (χ3v) is 12.9. The number of methoxy groups -OCH3 is 1. The number of carboxylic acids is 1. The molecule has 9 atom stereocenters. The van der Waals surface area contributed by atoms with Crippen LogP contribution in [-0.4, -0.2) is 24.3 Å². The Morgan fingerprint density at radius 1 is 0.935 bits per heavy atom. The van der Waals surface area contributed by atoms with Crippen LogP contribution >= 0.6 is 0 Å². The van der Waals surface area contributed by atoms with Gasteiger partial charge in [-0.1, -0.05) is 34.6 Å². The first-order valence-electron chi connectivity index (χ1n) is 13.2. The summed E-state index contributed by atoms with van der Waals surface area (Å²) in [6.07, 6.45) is 14.0. The third-order valence-electron chi connectivity index (χ3n) is 12.9. The smallest absolute Gasteiger partial charge is 0.303 e. The van der Waals surface area contributed by atoms with Gasteiger partial charge in [0.15, 0.2) is 0 Å². The molecule has 0 saturated heterocycles. The van der Waals surface area contributed by atoms with Gasteiger partial charge in [-0.25, -0.2) is 0 Å². The summed E-state index contributed by atoms with van der Waals surface area (Å²) in [5.74, 6) is 2.30. The lowest BCUT2D eigenvalue weighted by Gasteiger charge is -2.63. The van der Waals surface area contributed by atoms with E-state index < -0.39 is 5.97 Å². The number of hydrogen-bond donors (Lipinski definition) is 1. The van der Waals surface area contributed by atoms with Crippen LogP contribution in [0.1, 0.15) is 105 Å². The Balaban J connectivity index is 1.43. The quantitative estimate of drug-likeness (QED) is 0.514. The van der Waals surface area contributed by atoms with E-state index in [4.69, 9.17) is 4.74 Å².